The van der Waals surface area contributed by atoms with Gasteiger partial charge in [-0.1, -0.05) is 19.9 Å². The van der Waals surface area contributed by atoms with Gasteiger partial charge in [-0.15, -0.1) is 35.3 Å². The summed E-state index contributed by atoms with van der Waals surface area (Å²) >= 11 is 1.61. The van der Waals surface area contributed by atoms with Crippen molar-refractivity contribution in [3.8, 4) is 0 Å². The van der Waals surface area contributed by atoms with Crippen LogP contribution in [0.15, 0.2) is 28.6 Å². The molecular weight excluding hydrogens is 507 g/mol. The van der Waals surface area contributed by atoms with Crippen LogP contribution < -0.4 is 10.6 Å². The van der Waals surface area contributed by atoms with Crippen LogP contribution in [0, 0.1) is 5.82 Å². The molecule has 2 N–H and O–H groups in total. The molecule has 0 aliphatic carbocycles. The summed E-state index contributed by atoms with van der Waals surface area (Å²) in [6.45, 7) is 4.58. The second kappa shape index (κ2) is 10.9. The Morgan fingerprint density at radius 3 is 2.54 bits per heavy atom. The maximum atomic E-state index is 13.2. The molecule has 2 aromatic rings. The summed E-state index contributed by atoms with van der Waals surface area (Å²) in [5.74, 6) is -0.172. The highest BCUT2D eigenvalue weighted by Crippen LogP contribution is 2.32. The zero-order valence-corrected chi connectivity index (χ0v) is 18.9. The highest BCUT2D eigenvalue weighted by molar-refractivity contribution is 14.0. The number of aromatic nitrogens is 1. The Morgan fingerprint density at radius 2 is 1.96 bits per heavy atom. The van der Waals surface area contributed by atoms with Gasteiger partial charge in [-0.05, 0) is 17.7 Å². The first-order valence-electron chi connectivity index (χ1n) is 8.45. The van der Waals surface area contributed by atoms with Gasteiger partial charge in [-0.2, -0.15) is 13.2 Å². The predicted molar refractivity (Wildman–Crippen MR) is 115 cm³/mol. The first kappa shape index (κ1) is 24.6. The molecule has 0 bridgehead atoms. The van der Waals surface area contributed by atoms with Gasteiger partial charge in [0.15, 0.2) is 5.96 Å². The van der Waals surface area contributed by atoms with Crippen LogP contribution in [-0.2, 0) is 19.1 Å². The van der Waals surface area contributed by atoms with E-state index in [0.29, 0.717) is 30.9 Å². The maximum absolute atomic E-state index is 13.2. The normalized spacial score (nSPS) is 12.1. The summed E-state index contributed by atoms with van der Waals surface area (Å²) in [5, 5.41) is 8.94. The first-order valence-corrected chi connectivity index (χ1v) is 9.33. The monoisotopic (exact) mass is 530 g/mol. The van der Waals surface area contributed by atoms with Gasteiger partial charge in [-0.25, -0.2) is 9.37 Å². The number of alkyl halides is 3. The van der Waals surface area contributed by atoms with E-state index in [1.54, 1.807) is 11.3 Å². The van der Waals surface area contributed by atoms with Crippen molar-refractivity contribution in [3.05, 3.63) is 51.2 Å². The molecule has 0 spiro atoms. The number of thiazole rings is 1. The molecule has 0 aliphatic heterocycles. The summed E-state index contributed by atoms with van der Waals surface area (Å²) in [6, 6.07) is 2.64. The minimum atomic E-state index is -4.62. The molecule has 0 fully saturated rings. The number of hydrogen-bond acceptors (Lipinski definition) is 3. The van der Waals surface area contributed by atoms with Crippen LogP contribution in [0.5, 0.6) is 0 Å². The fourth-order valence-electron chi connectivity index (χ4n) is 2.38. The summed E-state index contributed by atoms with van der Waals surface area (Å²) in [6.07, 6.45) is -3.94. The Balaban J connectivity index is 0.00000392. The first-order chi connectivity index (χ1) is 12.7. The van der Waals surface area contributed by atoms with Gasteiger partial charge in [0.1, 0.15) is 5.82 Å². The van der Waals surface area contributed by atoms with Crippen LogP contribution in [0.25, 0.3) is 0 Å². The molecule has 0 atom stereocenters. The SMILES string of the molecule is CN=C(NCCc1csc(C(C)C)n1)NCc1ccc(F)cc1C(F)(F)F.I. The van der Waals surface area contributed by atoms with Crippen molar-refractivity contribution < 1.29 is 17.6 Å². The van der Waals surface area contributed by atoms with Gasteiger partial charge in [-0.3, -0.25) is 4.99 Å². The van der Waals surface area contributed by atoms with Gasteiger partial charge in [0, 0.05) is 37.9 Å². The third-order valence-corrected chi connectivity index (χ3v) is 4.98. The zero-order chi connectivity index (χ0) is 20.0. The largest absolute Gasteiger partial charge is 0.416 e. The van der Waals surface area contributed by atoms with Crippen molar-refractivity contribution in [2.75, 3.05) is 13.6 Å². The second-order valence-corrected chi connectivity index (χ2v) is 7.12. The molecule has 0 aliphatic rings. The summed E-state index contributed by atoms with van der Waals surface area (Å²) in [5.41, 5.74) is -0.0772. The Kier molecular flexibility index (Phi) is 9.61. The number of benzene rings is 1. The van der Waals surface area contributed by atoms with Crippen LogP contribution in [0.4, 0.5) is 17.6 Å². The summed E-state index contributed by atoms with van der Waals surface area (Å²) < 4.78 is 52.3. The van der Waals surface area contributed by atoms with E-state index in [4.69, 9.17) is 0 Å². The topological polar surface area (TPSA) is 49.3 Å². The minimum absolute atomic E-state index is 0. The maximum Gasteiger partial charge on any atom is 0.416 e. The molecule has 0 unspecified atom stereocenters. The average Bonchev–Trinajstić information content (AvgIpc) is 3.07. The number of hydrogen-bond donors (Lipinski definition) is 2. The number of guanidine groups is 1. The molecular formula is C18H23F4IN4S. The molecule has 1 aromatic heterocycles. The van der Waals surface area contributed by atoms with Gasteiger partial charge in [0.25, 0.3) is 0 Å². The Labute approximate surface area is 182 Å². The number of rotatable bonds is 6. The molecule has 0 saturated carbocycles. The standard InChI is InChI=1S/C18H22F4N4S.HI/c1-11(2)16-26-14(10-27-16)6-7-24-17(23-3)25-9-12-4-5-13(19)8-15(12)18(20,21)22;/h4-5,8,10-11H,6-7,9H2,1-3H3,(H2,23,24,25);1H. The fourth-order valence-corrected chi connectivity index (χ4v) is 3.25. The van der Waals surface area contributed by atoms with Crippen molar-refractivity contribution in [3.63, 3.8) is 0 Å². The van der Waals surface area contributed by atoms with Crippen LogP contribution in [0.1, 0.15) is 41.6 Å². The molecule has 0 radical (unpaired) electrons. The molecule has 0 saturated heterocycles. The molecule has 0 amide bonds. The highest BCUT2D eigenvalue weighted by Gasteiger charge is 2.33. The van der Waals surface area contributed by atoms with E-state index in [1.807, 2.05) is 5.38 Å². The van der Waals surface area contributed by atoms with E-state index in [1.165, 1.54) is 7.05 Å². The van der Waals surface area contributed by atoms with Gasteiger partial charge in [0.2, 0.25) is 0 Å². The third-order valence-electron chi connectivity index (χ3n) is 3.78. The van der Waals surface area contributed by atoms with Crippen molar-refractivity contribution in [1.82, 2.24) is 15.6 Å². The molecule has 28 heavy (non-hydrogen) atoms. The average molecular weight is 530 g/mol. The van der Waals surface area contributed by atoms with Crippen LogP contribution in [0.2, 0.25) is 0 Å². The number of halogens is 5. The van der Waals surface area contributed by atoms with Crippen molar-refractivity contribution in [2.24, 2.45) is 4.99 Å². The summed E-state index contributed by atoms with van der Waals surface area (Å²) in [7, 11) is 1.53. The van der Waals surface area contributed by atoms with E-state index in [0.717, 1.165) is 22.8 Å². The van der Waals surface area contributed by atoms with Crippen molar-refractivity contribution in [2.45, 2.75) is 38.9 Å². The molecule has 2 rings (SSSR count). The number of nitrogens with one attached hydrogen (secondary N) is 2. The number of nitrogens with zero attached hydrogens (tertiary/aromatic N) is 2. The van der Waals surface area contributed by atoms with Crippen LogP contribution >= 0.6 is 35.3 Å². The minimum Gasteiger partial charge on any atom is -0.356 e. The second-order valence-electron chi connectivity index (χ2n) is 6.23. The lowest BCUT2D eigenvalue weighted by Crippen LogP contribution is -2.38. The molecule has 1 heterocycles. The van der Waals surface area contributed by atoms with E-state index < -0.39 is 17.6 Å². The van der Waals surface area contributed by atoms with E-state index in [-0.39, 0.29) is 36.1 Å². The quantitative estimate of drug-likeness (QED) is 0.241. The Bertz CT molecular complexity index is 790. The third kappa shape index (κ3) is 7.19. The van der Waals surface area contributed by atoms with Gasteiger partial charge < -0.3 is 10.6 Å². The van der Waals surface area contributed by atoms with Gasteiger partial charge in [0.05, 0.1) is 16.3 Å². The van der Waals surface area contributed by atoms with Crippen LogP contribution in [0.3, 0.4) is 0 Å². The van der Waals surface area contributed by atoms with Gasteiger partial charge >= 0.3 is 6.18 Å². The van der Waals surface area contributed by atoms with Crippen molar-refractivity contribution >= 4 is 41.3 Å². The Morgan fingerprint density at radius 1 is 1.25 bits per heavy atom. The zero-order valence-electron chi connectivity index (χ0n) is 15.7. The van der Waals surface area contributed by atoms with Crippen molar-refractivity contribution in [1.29, 1.82) is 0 Å². The summed E-state index contributed by atoms with van der Waals surface area (Å²) in [4.78, 5) is 8.53. The molecule has 156 valence electrons. The van der Waals surface area contributed by atoms with E-state index in [9.17, 15) is 17.6 Å². The molecule has 4 nitrogen and oxygen atoms in total. The lowest BCUT2D eigenvalue weighted by Gasteiger charge is -2.15. The fraction of sp³-hybridized carbons (Fsp3) is 0.444. The van der Waals surface area contributed by atoms with Crippen LogP contribution in [-0.4, -0.2) is 24.5 Å². The predicted octanol–water partition coefficient (Wildman–Crippen LogP) is 4.95. The molecule has 10 heteroatoms. The number of aliphatic imine (C=N–C) groups is 1. The lowest BCUT2D eigenvalue weighted by atomic mass is 10.1. The Hall–Kier alpha value is -1.43. The molecule has 1 aromatic carbocycles. The van der Waals surface area contributed by atoms with E-state index in [2.05, 4.69) is 34.5 Å². The van der Waals surface area contributed by atoms with E-state index >= 15 is 0 Å². The lowest BCUT2D eigenvalue weighted by molar-refractivity contribution is -0.138. The highest BCUT2D eigenvalue weighted by atomic mass is 127. The smallest absolute Gasteiger partial charge is 0.356 e.